The van der Waals surface area contributed by atoms with Gasteiger partial charge in [-0.3, -0.25) is 4.79 Å². The number of hydrogen-bond acceptors (Lipinski definition) is 2. The van der Waals surface area contributed by atoms with Crippen molar-refractivity contribution in [3.63, 3.8) is 0 Å². The molecule has 74 valence electrons. The van der Waals surface area contributed by atoms with Crippen LogP contribution in [-0.4, -0.2) is 23.9 Å². The minimum atomic E-state index is 0.170. The fourth-order valence-corrected chi connectivity index (χ4v) is 2.20. The lowest BCUT2D eigenvalue weighted by Gasteiger charge is -2.24. The molecule has 0 fully saturated rings. The SMILES string of the molecule is CC1=CCN(C(=O)c2cccs2)CC1. The van der Waals surface area contributed by atoms with Gasteiger partial charge in [0.2, 0.25) is 0 Å². The van der Waals surface area contributed by atoms with E-state index in [1.54, 1.807) is 0 Å². The molecule has 3 heteroatoms. The van der Waals surface area contributed by atoms with E-state index in [0.29, 0.717) is 0 Å². The highest BCUT2D eigenvalue weighted by molar-refractivity contribution is 7.12. The van der Waals surface area contributed by atoms with Crippen molar-refractivity contribution in [1.82, 2.24) is 4.90 Å². The zero-order valence-electron chi connectivity index (χ0n) is 8.19. The van der Waals surface area contributed by atoms with Gasteiger partial charge in [0.05, 0.1) is 4.88 Å². The number of carbonyl (C=O) groups is 1. The summed E-state index contributed by atoms with van der Waals surface area (Å²) < 4.78 is 0. The molecule has 0 unspecified atom stereocenters. The molecule has 1 aromatic heterocycles. The third-order valence-electron chi connectivity index (χ3n) is 2.46. The second kappa shape index (κ2) is 3.96. The largest absolute Gasteiger partial charge is 0.334 e. The van der Waals surface area contributed by atoms with E-state index in [9.17, 15) is 4.79 Å². The summed E-state index contributed by atoms with van der Waals surface area (Å²) >= 11 is 1.51. The summed E-state index contributed by atoms with van der Waals surface area (Å²) in [5.41, 5.74) is 1.39. The number of thiophene rings is 1. The molecule has 0 atom stereocenters. The molecule has 2 rings (SSSR count). The van der Waals surface area contributed by atoms with Crippen LogP contribution in [0.15, 0.2) is 29.2 Å². The highest BCUT2D eigenvalue weighted by Crippen LogP contribution is 2.16. The molecule has 0 saturated carbocycles. The smallest absolute Gasteiger partial charge is 0.264 e. The van der Waals surface area contributed by atoms with Crippen LogP contribution in [0.1, 0.15) is 23.0 Å². The van der Waals surface area contributed by atoms with E-state index in [1.165, 1.54) is 16.9 Å². The third kappa shape index (κ3) is 1.87. The van der Waals surface area contributed by atoms with E-state index in [-0.39, 0.29) is 5.91 Å². The molecule has 1 aromatic rings. The number of rotatable bonds is 1. The molecule has 0 aromatic carbocycles. The van der Waals surface area contributed by atoms with E-state index >= 15 is 0 Å². The van der Waals surface area contributed by atoms with Gasteiger partial charge >= 0.3 is 0 Å². The Morgan fingerprint density at radius 3 is 3.00 bits per heavy atom. The van der Waals surface area contributed by atoms with E-state index in [1.807, 2.05) is 22.4 Å². The maximum absolute atomic E-state index is 11.9. The van der Waals surface area contributed by atoms with Crippen LogP contribution in [0.4, 0.5) is 0 Å². The number of nitrogens with zero attached hydrogens (tertiary/aromatic N) is 1. The Morgan fingerprint density at radius 2 is 2.43 bits per heavy atom. The lowest BCUT2D eigenvalue weighted by molar-refractivity contribution is 0.0774. The predicted molar refractivity (Wildman–Crippen MR) is 58.6 cm³/mol. The van der Waals surface area contributed by atoms with Crippen molar-refractivity contribution < 1.29 is 4.79 Å². The second-order valence-corrected chi connectivity index (χ2v) is 4.48. The van der Waals surface area contributed by atoms with Crippen molar-refractivity contribution in [2.75, 3.05) is 13.1 Å². The molecule has 2 nitrogen and oxygen atoms in total. The van der Waals surface area contributed by atoms with Crippen molar-refractivity contribution in [2.45, 2.75) is 13.3 Å². The topological polar surface area (TPSA) is 20.3 Å². The van der Waals surface area contributed by atoms with E-state index < -0.39 is 0 Å². The number of hydrogen-bond donors (Lipinski definition) is 0. The molecule has 0 aliphatic carbocycles. The monoisotopic (exact) mass is 207 g/mol. The van der Waals surface area contributed by atoms with Gasteiger partial charge in [0.1, 0.15) is 0 Å². The molecule has 0 spiro atoms. The molecule has 0 saturated heterocycles. The standard InChI is InChI=1S/C11H13NOS/c1-9-4-6-12(7-5-9)11(13)10-3-2-8-14-10/h2-4,8H,5-7H2,1H3. The molecule has 1 aliphatic rings. The van der Waals surface area contributed by atoms with E-state index in [2.05, 4.69) is 13.0 Å². The second-order valence-electron chi connectivity index (χ2n) is 3.53. The highest BCUT2D eigenvalue weighted by atomic mass is 32.1. The first kappa shape index (κ1) is 9.46. The molecule has 0 N–H and O–H groups in total. The average molecular weight is 207 g/mol. The Labute approximate surface area is 87.9 Å². The van der Waals surface area contributed by atoms with Gasteiger partial charge in [-0.05, 0) is 24.8 Å². The van der Waals surface area contributed by atoms with Crippen LogP contribution in [-0.2, 0) is 0 Å². The normalized spacial score (nSPS) is 16.6. The van der Waals surface area contributed by atoms with Gasteiger partial charge in [0.25, 0.3) is 5.91 Å². The van der Waals surface area contributed by atoms with Crippen molar-refractivity contribution >= 4 is 17.2 Å². The first-order valence-electron chi connectivity index (χ1n) is 4.76. The summed E-state index contributed by atoms with van der Waals surface area (Å²) in [4.78, 5) is 14.6. The fourth-order valence-electron chi connectivity index (χ4n) is 1.51. The van der Waals surface area contributed by atoms with E-state index in [4.69, 9.17) is 0 Å². The molecule has 1 amide bonds. The molecule has 0 bridgehead atoms. The molecular weight excluding hydrogens is 194 g/mol. The van der Waals surface area contributed by atoms with Gasteiger partial charge in [0.15, 0.2) is 0 Å². The van der Waals surface area contributed by atoms with Crippen LogP contribution in [0, 0.1) is 0 Å². The molecular formula is C11H13NOS. The first-order chi connectivity index (χ1) is 6.77. The average Bonchev–Trinajstić information content (AvgIpc) is 2.71. The zero-order valence-corrected chi connectivity index (χ0v) is 9.01. The van der Waals surface area contributed by atoms with E-state index in [0.717, 1.165) is 24.4 Å². The summed E-state index contributed by atoms with van der Waals surface area (Å²) in [6.45, 7) is 3.74. The maximum atomic E-state index is 11.9. The summed E-state index contributed by atoms with van der Waals surface area (Å²) in [5, 5.41) is 1.94. The van der Waals surface area contributed by atoms with Crippen LogP contribution in [0.3, 0.4) is 0 Å². The third-order valence-corrected chi connectivity index (χ3v) is 3.31. The highest BCUT2D eigenvalue weighted by Gasteiger charge is 2.17. The van der Waals surface area contributed by atoms with Gasteiger partial charge in [-0.25, -0.2) is 0 Å². The van der Waals surface area contributed by atoms with Crippen LogP contribution < -0.4 is 0 Å². The summed E-state index contributed by atoms with van der Waals surface area (Å²) in [6, 6.07) is 3.81. The van der Waals surface area contributed by atoms with Crippen molar-refractivity contribution in [3.05, 3.63) is 34.0 Å². The molecule has 14 heavy (non-hydrogen) atoms. The van der Waals surface area contributed by atoms with Gasteiger partial charge in [-0.1, -0.05) is 17.7 Å². The van der Waals surface area contributed by atoms with Gasteiger partial charge in [-0.2, -0.15) is 0 Å². The van der Waals surface area contributed by atoms with Crippen molar-refractivity contribution in [2.24, 2.45) is 0 Å². The van der Waals surface area contributed by atoms with Gasteiger partial charge in [0, 0.05) is 13.1 Å². The van der Waals surface area contributed by atoms with Gasteiger partial charge in [-0.15, -0.1) is 11.3 Å². The lowest BCUT2D eigenvalue weighted by atomic mass is 10.1. The summed E-state index contributed by atoms with van der Waals surface area (Å²) in [5.74, 6) is 0.170. The summed E-state index contributed by atoms with van der Waals surface area (Å²) in [6.07, 6.45) is 3.14. The maximum Gasteiger partial charge on any atom is 0.264 e. The molecule has 0 radical (unpaired) electrons. The van der Waals surface area contributed by atoms with Gasteiger partial charge < -0.3 is 4.90 Å². The van der Waals surface area contributed by atoms with Crippen LogP contribution in [0.5, 0.6) is 0 Å². The quantitative estimate of drug-likeness (QED) is 0.648. The Kier molecular flexibility index (Phi) is 2.68. The first-order valence-corrected chi connectivity index (χ1v) is 5.64. The van der Waals surface area contributed by atoms with Crippen molar-refractivity contribution in [3.8, 4) is 0 Å². The summed E-state index contributed by atoms with van der Waals surface area (Å²) in [7, 11) is 0. The van der Waals surface area contributed by atoms with Crippen LogP contribution >= 0.6 is 11.3 Å². The Morgan fingerprint density at radius 1 is 1.57 bits per heavy atom. The lowest BCUT2D eigenvalue weighted by Crippen LogP contribution is -2.34. The van der Waals surface area contributed by atoms with Crippen LogP contribution in [0.2, 0.25) is 0 Å². The minimum absolute atomic E-state index is 0.170. The molecule has 2 heterocycles. The minimum Gasteiger partial charge on any atom is -0.334 e. The Bertz CT molecular complexity index is 353. The number of carbonyl (C=O) groups excluding carboxylic acids is 1. The fraction of sp³-hybridized carbons (Fsp3) is 0.364. The molecule has 1 aliphatic heterocycles. The zero-order chi connectivity index (χ0) is 9.97. The van der Waals surface area contributed by atoms with Crippen LogP contribution in [0.25, 0.3) is 0 Å². The van der Waals surface area contributed by atoms with Crippen molar-refractivity contribution in [1.29, 1.82) is 0 Å². The number of amides is 1. The predicted octanol–water partition coefficient (Wildman–Crippen LogP) is 2.54. The Balaban J connectivity index is 2.07. The Hall–Kier alpha value is -1.09.